The molecule has 0 aliphatic carbocycles. The van der Waals surface area contributed by atoms with Crippen LogP contribution in [0.5, 0.6) is 5.75 Å². The van der Waals surface area contributed by atoms with Crippen molar-refractivity contribution < 1.29 is 23.0 Å². The SMILES string of the molecule is CO[C@H]1C(n2cc(C)c(=O)[nH]c2=O)O[C@H](CCP(=O)(Cc2ccccc2Cl)Oc2ccccc2Cl)[C@H]1O[Si](C)(C)C(C)(C)C. The summed E-state index contributed by atoms with van der Waals surface area (Å²) in [5.41, 5.74) is -0.0495. The van der Waals surface area contributed by atoms with Gasteiger partial charge in [0.1, 0.15) is 18.0 Å². The van der Waals surface area contributed by atoms with E-state index in [2.05, 4.69) is 38.8 Å². The van der Waals surface area contributed by atoms with Crippen molar-refractivity contribution >= 4 is 38.9 Å². The fourth-order valence-corrected chi connectivity index (χ4v) is 9.03. The number of benzene rings is 2. The Bertz CT molecular complexity index is 1590. The Morgan fingerprint density at radius 1 is 1.02 bits per heavy atom. The lowest BCUT2D eigenvalue weighted by Gasteiger charge is -2.40. The first kappa shape index (κ1) is 34.7. The summed E-state index contributed by atoms with van der Waals surface area (Å²) in [5.74, 6) is 0.314. The van der Waals surface area contributed by atoms with E-state index in [-0.39, 0.29) is 23.8 Å². The predicted molar refractivity (Wildman–Crippen MR) is 177 cm³/mol. The number of methoxy groups -OCH3 is 1. The standard InChI is InChI=1S/C31H41Cl2N2O7PSi/c1-20-18-35(30(37)34-28(20)36)29-27(39-5)26(42-44(6,7)31(2,3)4)25(40-29)16-17-43(38,19-21-12-8-9-13-22(21)32)41-24-15-11-10-14-23(24)33/h8-15,18,25-27,29H,16-17,19H2,1-7H3,(H,34,36,37)/t25-,26-,27-,29?,43?/m1/s1. The van der Waals surface area contributed by atoms with Gasteiger partial charge in [0, 0.05) is 30.1 Å². The summed E-state index contributed by atoms with van der Waals surface area (Å²) in [6.45, 7) is 12.3. The van der Waals surface area contributed by atoms with Crippen molar-refractivity contribution in [3.8, 4) is 5.75 Å². The highest BCUT2D eigenvalue weighted by Crippen LogP contribution is 2.54. The van der Waals surface area contributed by atoms with Gasteiger partial charge in [0.25, 0.3) is 12.9 Å². The molecule has 4 rings (SSSR count). The smallest absolute Gasteiger partial charge is 0.330 e. The van der Waals surface area contributed by atoms with Crippen molar-refractivity contribution in [2.45, 2.75) is 82.9 Å². The molecule has 2 aromatic carbocycles. The molecule has 1 aliphatic rings. The average molecular weight is 684 g/mol. The number of hydrogen-bond donors (Lipinski definition) is 1. The van der Waals surface area contributed by atoms with Gasteiger partial charge < -0.3 is 18.4 Å². The maximum Gasteiger partial charge on any atom is 0.330 e. The van der Waals surface area contributed by atoms with E-state index in [1.54, 1.807) is 37.3 Å². The van der Waals surface area contributed by atoms with Crippen LogP contribution in [0.2, 0.25) is 28.2 Å². The van der Waals surface area contributed by atoms with Crippen LogP contribution in [0, 0.1) is 6.92 Å². The molecular formula is C31H41Cl2N2O7PSi. The zero-order valence-corrected chi connectivity index (χ0v) is 29.5. The molecule has 0 saturated carbocycles. The predicted octanol–water partition coefficient (Wildman–Crippen LogP) is 7.40. The number of rotatable bonds is 11. The lowest BCUT2D eigenvalue weighted by Crippen LogP contribution is -2.50. The summed E-state index contributed by atoms with van der Waals surface area (Å²) >= 11 is 12.9. The number of H-pyrrole nitrogens is 1. The number of para-hydroxylation sites is 1. The number of nitrogens with one attached hydrogen (secondary N) is 1. The normalized spacial score (nSPS) is 22.1. The second-order valence-electron chi connectivity index (χ2n) is 12.7. The third-order valence-electron chi connectivity index (χ3n) is 8.44. The number of aromatic amines is 1. The Hall–Kier alpha value is -2.17. The zero-order chi connectivity index (χ0) is 32.4. The van der Waals surface area contributed by atoms with E-state index >= 15 is 0 Å². The Labute approximate surface area is 269 Å². The number of halogens is 2. The molecule has 5 atom stereocenters. The van der Waals surface area contributed by atoms with E-state index in [1.165, 1.54) is 17.9 Å². The van der Waals surface area contributed by atoms with Gasteiger partial charge in [0.15, 0.2) is 14.5 Å². The van der Waals surface area contributed by atoms with E-state index in [4.69, 9.17) is 41.6 Å². The first-order valence-corrected chi connectivity index (χ1v) is 20.1. The lowest BCUT2D eigenvalue weighted by molar-refractivity contribution is -0.0540. The topological polar surface area (TPSA) is 109 Å². The van der Waals surface area contributed by atoms with Crippen LogP contribution in [0.25, 0.3) is 0 Å². The Balaban J connectivity index is 1.72. The first-order chi connectivity index (χ1) is 20.5. The minimum atomic E-state index is -3.47. The van der Waals surface area contributed by atoms with Gasteiger partial charge in [-0.3, -0.25) is 18.9 Å². The van der Waals surface area contributed by atoms with Gasteiger partial charge in [-0.15, -0.1) is 0 Å². The summed E-state index contributed by atoms with van der Waals surface area (Å²) in [5, 5.41) is 0.695. The van der Waals surface area contributed by atoms with Crippen molar-refractivity contribution in [1.29, 1.82) is 0 Å². The fourth-order valence-electron chi connectivity index (χ4n) is 4.91. The molecule has 240 valence electrons. The molecule has 1 aromatic heterocycles. The second kappa shape index (κ2) is 13.7. The quantitative estimate of drug-likeness (QED) is 0.166. The number of aryl methyl sites for hydroxylation is 1. The fraction of sp³-hybridized carbons (Fsp3) is 0.484. The summed E-state index contributed by atoms with van der Waals surface area (Å²) in [6.07, 6.45) is -0.889. The van der Waals surface area contributed by atoms with Crippen LogP contribution in [0.3, 0.4) is 0 Å². The minimum Gasteiger partial charge on any atom is -0.441 e. The number of ether oxygens (including phenoxy) is 2. The van der Waals surface area contributed by atoms with Crippen LogP contribution in [0.4, 0.5) is 0 Å². The average Bonchev–Trinajstić information content (AvgIpc) is 3.28. The molecule has 3 aromatic rings. The van der Waals surface area contributed by atoms with Crippen LogP contribution in [-0.2, 0) is 24.6 Å². The van der Waals surface area contributed by atoms with Gasteiger partial charge in [-0.05, 0) is 55.2 Å². The Morgan fingerprint density at radius 2 is 1.66 bits per heavy atom. The molecule has 0 amide bonds. The highest BCUT2D eigenvalue weighted by atomic mass is 35.5. The van der Waals surface area contributed by atoms with Crippen molar-refractivity contribution in [2.75, 3.05) is 13.3 Å². The van der Waals surface area contributed by atoms with Crippen LogP contribution in [0.15, 0.2) is 64.3 Å². The summed E-state index contributed by atoms with van der Waals surface area (Å²) < 4.78 is 41.5. The molecule has 2 heterocycles. The molecule has 2 unspecified atom stereocenters. The highest BCUT2D eigenvalue weighted by molar-refractivity contribution is 7.58. The van der Waals surface area contributed by atoms with Crippen LogP contribution >= 0.6 is 30.6 Å². The molecule has 1 saturated heterocycles. The van der Waals surface area contributed by atoms with Gasteiger partial charge >= 0.3 is 5.69 Å². The number of aromatic nitrogens is 2. The van der Waals surface area contributed by atoms with Crippen molar-refractivity contribution in [1.82, 2.24) is 9.55 Å². The van der Waals surface area contributed by atoms with Gasteiger partial charge in [0.05, 0.1) is 17.3 Å². The first-order valence-electron chi connectivity index (χ1n) is 14.5. The second-order valence-corrected chi connectivity index (χ2v) is 20.8. The third-order valence-corrected chi connectivity index (χ3v) is 15.9. The summed E-state index contributed by atoms with van der Waals surface area (Å²) in [6, 6.07) is 14.1. The van der Waals surface area contributed by atoms with E-state index in [0.29, 0.717) is 26.9 Å². The molecule has 1 fully saturated rings. The van der Waals surface area contributed by atoms with Crippen molar-refractivity contribution in [3.63, 3.8) is 0 Å². The van der Waals surface area contributed by atoms with Gasteiger partial charge in [-0.1, -0.05) is 74.3 Å². The Morgan fingerprint density at radius 3 is 2.27 bits per heavy atom. The van der Waals surface area contributed by atoms with E-state index in [9.17, 15) is 14.2 Å². The van der Waals surface area contributed by atoms with Crippen LogP contribution in [0.1, 0.15) is 44.5 Å². The molecule has 0 bridgehead atoms. The van der Waals surface area contributed by atoms with E-state index in [0.717, 1.165) is 0 Å². The maximum absolute atomic E-state index is 14.6. The van der Waals surface area contributed by atoms with Crippen LogP contribution < -0.4 is 15.8 Å². The Kier molecular flexibility index (Phi) is 10.8. The molecule has 9 nitrogen and oxygen atoms in total. The van der Waals surface area contributed by atoms with E-state index < -0.39 is 51.5 Å². The van der Waals surface area contributed by atoms with E-state index in [1.807, 2.05) is 18.2 Å². The molecule has 1 aliphatic heterocycles. The molecular weight excluding hydrogens is 642 g/mol. The van der Waals surface area contributed by atoms with Gasteiger partial charge in [-0.25, -0.2) is 4.79 Å². The summed E-state index contributed by atoms with van der Waals surface area (Å²) in [7, 11) is -4.32. The highest BCUT2D eigenvalue weighted by Gasteiger charge is 2.51. The van der Waals surface area contributed by atoms with Gasteiger partial charge in [0.2, 0.25) is 0 Å². The lowest BCUT2D eigenvalue weighted by atomic mass is 10.1. The third kappa shape index (κ3) is 7.78. The minimum absolute atomic E-state index is 0.0775. The molecule has 44 heavy (non-hydrogen) atoms. The molecule has 1 N–H and O–H groups in total. The molecule has 0 radical (unpaired) electrons. The number of hydrogen-bond acceptors (Lipinski definition) is 7. The molecule has 0 spiro atoms. The summed E-state index contributed by atoms with van der Waals surface area (Å²) in [4.78, 5) is 27.4. The maximum atomic E-state index is 14.6. The monoisotopic (exact) mass is 682 g/mol. The molecule has 13 heteroatoms. The van der Waals surface area contributed by atoms with Crippen molar-refractivity contribution in [3.05, 3.63) is 96.7 Å². The largest absolute Gasteiger partial charge is 0.441 e. The van der Waals surface area contributed by atoms with Crippen LogP contribution in [-0.4, -0.2) is 49.5 Å². The van der Waals surface area contributed by atoms with Crippen molar-refractivity contribution in [2.24, 2.45) is 0 Å². The number of nitrogens with zero attached hydrogens (tertiary/aromatic N) is 1. The van der Waals surface area contributed by atoms with Gasteiger partial charge in [-0.2, -0.15) is 0 Å². The zero-order valence-electron chi connectivity index (χ0n) is 26.1.